The number of rotatable bonds is 4. The Morgan fingerprint density at radius 3 is 2.68 bits per heavy atom. The van der Waals surface area contributed by atoms with Crippen molar-refractivity contribution in [3.05, 3.63) is 21.4 Å². The predicted octanol–water partition coefficient (Wildman–Crippen LogP) is 2.61. The van der Waals surface area contributed by atoms with Gasteiger partial charge in [-0.2, -0.15) is 0 Å². The summed E-state index contributed by atoms with van der Waals surface area (Å²) >= 11 is 1.74. The summed E-state index contributed by atoms with van der Waals surface area (Å²) in [5, 5.41) is 13.5. The van der Waals surface area contributed by atoms with Crippen molar-refractivity contribution in [3.8, 4) is 0 Å². The third kappa shape index (κ3) is 4.21. The van der Waals surface area contributed by atoms with Crippen molar-refractivity contribution >= 4 is 17.4 Å². The number of hydrogen-bond donors (Lipinski definition) is 2. The Morgan fingerprint density at radius 2 is 2.14 bits per heavy atom. The van der Waals surface area contributed by atoms with Crippen LogP contribution >= 0.6 is 11.3 Å². The zero-order valence-corrected chi connectivity index (χ0v) is 14.6. The molecule has 1 aromatic rings. The van der Waals surface area contributed by atoms with E-state index in [9.17, 15) is 9.90 Å². The van der Waals surface area contributed by atoms with Crippen LogP contribution in [0.2, 0.25) is 0 Å². The minimum absolute atomic E-state index is 0.0377. The van der Waals surface area contributed by atoms with Crippen molar-refractivity contribution < 1.29 is 14.6 Å². The van der Waals surface area contributed by atoms with Gasteiger partial charge in [-0.15, -0.1) is 11.3 Å². The molecular formula is C16H26N2O3S. The number of carbonyl (C=O) groups is 1. The predicted molar refractivity (Wildman–Crippen MR) is 88.4 cm³/mol. The van der Waals surface area contributed by atoms with Gasteiger partial charge in [0.15, 0.2) is 0 Å². The zero-order valence-electron chi connectivity index (χ0n) is 13.8. The molecule has 1 fully saturated rings. The quantitative estimate of drug-likeness (QED) is 0.894. The van der Waals surface area contributed by atoms with Gasteiger partial charge in [0.25, 0.3) is 0 Å². The van der Waals surface area contributed by atoms with Gasteiger partial charge < -0.3 is 20.1 Å². The lowest BCUT2D eigenvalue weighted by Gasteiger charge is -2.35. The zero-order chi connectivity index (χ0) is 16.3. The highest BCUT2D eigenvalue weighted by atomic mass is 32.1. The minimum atomic E-state index is -0.831. The van der Waals surface area contributed by atoms with Crippen LogP contribution in [-0.4, -0.2) is 48.4 Å². The second-order valence-electron chi connectivity index (χ2n) is 6.23. The van der Waals surface area contributed by atoms with Crippen LogP contribution in [-0.2, 0) is 4.74 Å². The van der Waals surface area contributed by atoms with Crippen LogP contribution in [0.5, 0.6) is 0 Å². The molecule has 22 heavy (non-hydrogen) atoms. The summed E-state index contributed by atoms with van der Waals surface area (Å²) in [5.74, 6) is 0. The lowest BCUT2D eigenvalue weighted by molar-refractivity contribution is -0.0723. The number of nitrogens with one attached hydrogen (secondary N) is 1. The molecule has 1 unspecified atom stereocenters. The lowest BCUT2D eigenvalue weighted by atomic mass is 9.94. The van der Waals surface area contributed by atoms with Crippen molar-refractivity contribution in [3.63, 3.8) is 0 Å². The number of thiophene rings is 1. The van der Waals surface area contributed by atoms with E-state index in [1.807, 2.05) is 6.92 Å². The van der Waals surface area contributed by atoms with Crippen molar-refractivity contribution in [1.82, 2.24) is 10.2 Å². The van der Waals surface area contributed by atoms with E-state index < -0.39 is 5.60 Å². The maximum Gasteiger partial charge on any atom is 0.317 e. The number of ether oxygens (including phenoxy) is 1. The average molecular weight is 326 g/mol. The fourth-order valence-electron chi connectivity index (χ4n) is 2.88. The SMILES string of the molecule is Cc1cc(C(C)NC(=O)N(C)CC2(O)CCOCC2)c(C)s1. The van der Waals surface area contributed by atoms with Crippen LogP contribution in [0.1, 0.15) is 41.1 Å². The number of likely N-dealkylation sites (N-methyl/N-ethyl adjacent to an activating group) is 1. The molecule has 1 saturated heterocycles. The maximum absolute atomic E-state index is 12.3. The first kappa shape index (κ1) is 17.2. The van der Waals surface area contributed by atoms with Gasteiger partial charge in [-0.1, -0.05) is 0 Å². The Bertz CT molecular complexity index is 523. The van der Waals surface area contributed by atoms with E-state index in [1.54, 1.807) is 23.3 Å². The molecule has 2 amide bonds. The molecule has 1 aliphatic heterocycles. The molecule has 0 radical (unpaired) electrons. The van der Waals surface area contributed by atoms with Crippen LogP contribution in [0, 0.1) is 13.8 Å². The number of hydrogen-bond acceptors (Lipinski definition) is 4. The van der Waals surface area contributed by atoms with Crippen molar-refractivity contribution in [2.75, 3.05) is 26.8 Å². The molecule has 0 aliphatic carbocycles. The van der Waals surface area contributed by atoms with Crippen molar-refractivity contribution in [2.45, 2.75) is 45.3 Å². The Hall–Kier alpha value is -1.11. The van der Waals surface area contributed by atoms with E-state index >= 15 is 0 Å². The van der Waals surface area contributed by atoms with Gasteiger partial charge in [0.1, 0.15) is 0 Å². The monoisotopic (exact) mass is 326 g/mol. The largest absolute Gasteiger partial charge is 0.388 e. The van der Waals surface area contributed by atoms with Crippen LogP contribution in [0.3, 0.4) is 0 Å². The average Bonchev–Trinajstić information content (AvgIpc) is 2.78. The lowest BCUT2D eigenvalue weighted by Crippen LogP contribution is -2.50. The molecule has 0 saturated carbocycles. The summed E-state index contributed by atoms with van der Waals surface area (Å²) in [6.45, 7) is 7.57. The third-order valence-electron chi connectivity index (χ3n) is 4.19. The molecule has 0 spiro atoms. The summed E-state index contributed by atoms with van der Waals surface area (Å²) in [6, 6.07) is 1.93. The molecule has 2 N–H and O–H groups in total. The van der Waals surface area contributed by atoms with Gasteiger partial charge in [0.05, 0.1) is 18.2 Å². The van der Waals surface area contributed by atoms with E-state index in [0.717, 1.165) is 5.56 Å². The van der Waals surface area contributed by atoms with Crippen LogP contribution in [0.4, 0.5) is 4.79 Å². The van der Waals surface area contributed by atoms with Crippen LogP contribution < -0.4 is 5.32 Å². The number of aryl methyl sites for hydroxylation is 2. The number of urea groups is 1. The fourth-order valence-corrected chi connectivity index (χ4v) is 3.90. The number of carbonyl (C=O) groups excluding carboxylic acids is 1. The second-order valence-corrected chi connectivity index (χ2v) is 7.69. The van der Waals surface area contributed by atoms with Gasteiger partial charge in [-0.05, 0) is 32.4 Å². The Labute approximate surface area is 136 Å². The van der Waals surface area contributed by atoms with Crippen molar-refractivity contribution in [1.29, 1.82) is 0 Å². The van der Waals surface area contributed by atoms with Crippen molar-refractivity contribution in [2.24, 2.45) is 0 Å². The van der Waals surface area contributed by atoms with Gasteiger partial charge in [-0.3, -0.25) is 0 Å². The van der Waals surface area contributed by atoms with E-state index in [1.165, 1.54) is 9.75 Å². The van der Waals surface area contributed by atoms with Gasteiger partial charge >= 0.3 is 6.03 Å². The van der Waals surface area contributed by atoms with Gasteiger partial charge in [0.2, 0.25) is 0 Å². The van der Waals surface area contributed by atoms with Crippen LogP contribution in [0.25, 0.3) is 0 Å². The summed E-state index contributed by atoms with van der Waals surface area (Å²) in [5.41, 5.74) is 0.330. The first-order chi connectivity index (χ1) is 10.3. The summed E-state index contributed by atoms with van der Waals surface area (Å²) in [4.78, 5) is 16.4. The highest BCUT2D eigenvalue weighted by molar-refractivity contribution is 7.12. The van der Waals surface area contributed by atoms with Crippen LogP contribution in [0.15, 0.2) is 6.07 Å². The van der Waals surface area contributed by atoms with E-state index in [4.69, 9.17) is 4.74 Å². The first-order valence-corrected chi connectivity index (χ1v) is 8.51. The first-order valence-electron chi connectivity index (χ1n) is 7.69. The number of amides is 2. The molecule has 2 rings (SSSR count). The third-order valence-corrected chi connectivity index (χ3v) is 5.17. The standard InChI is InChI=1S/C16H26N2O3S/c1-11-9-14(13(3)22-11)12(2)17-15(19)18(4)10-16(20)5-7-21-8-6-16/h9,12,20H,5-8,10H2,1-4H3,(H,17,19). The summed E-state index contributed by atoms with van der Waals surface area (Å²) in [7, 11) is 1.72. The maximum atomic E-state index is 12.3. The van der Waals surface area contributed by atoms with Gasteiger partial charge in [0, 0.05) is 42.9 Å². The molecule has 5 nitrogen and oxygen atoms in total. The van der Waals surface area contributed by atoms with E-state index in [-0.39, 0.29) is 12.1 Å². The highest BCUT2D eigenvalue weighted by Gasteiger charge is 2.32. The molecule has 2 heterocycles. The topological polar surface area (TPSA) is 61.8 Å². The van der Waals surface area contributed by atoms with E-state index in [0.29, 0.717) is 32.6 Å². The Balaban J connectivity index is 1.92. The molecule has 1 aromatic heterocycles. The number of nitrogens with zero attached hydrogens (tertiary/aromatic N) is 1. The Kier molecular flexibility index (Phi) is 5.47. The smallest absolute Gasteiger partial charge is 0.317 e. The van der Waals surface area contributed by atoms with E-state index in [2.05, 4.69) is 25.2 Å². The Morgan fingerprint density at radius 1 is 1.50 bits per heavy atom. The molecule has 6 heteroatoms. The summed E-state index contributed by atoms with van der Waals surface area (Å²) in [6.07, 6.45) is 1.14. The molecule has 1 atom stereocenters. The second kappa shape index (κ2) is 6.98. The normalized spacial score (nSPS) is 18.8. The molecule has 124 valence electrons. The number of aliphatic hydroxyl groups is 1. The van der Waals surface area contributed by atoms with Gasteiger partial charge in [-0.25, -0.2) is 4.79 Å². The molecular weight excluding hydrogens is 300 g/mol. The highest BCUT2D eigenvalue weighted by Crippen LogP contribution is 2.26. The molecule has 0 aromatic carbocycles. The fraction of sp³-hybridized carbons (Fsp3) is 0.688. The molecule has 0 bridgehead atoms. The molecule has 1 aliphatic rings. The summed E-state index contributed by atoms with van der Waals surface area (Å²) < 4.78 is 5.27. The minimum Gasteiger partial charge on any atom is -0.388 e.